The van der Waals surface area contributed by atoms with Gasteiger partial charge in [-0.3, -0.25) is 0 Å². The predicted octanol–water partition coefficient (Wildman–Crippen LogP) is 4.24. The molecule has 1 atom stereocenters. The first-order valence-electron chi connectivity index (χ1n) is 7.66. The average molecular weight is 373 g/mol. The highest BCUT2D eigenvalue weighted by molar-refractivity contribution is 7.98. The van der Waals surface area contributed by atoms with Gasteiger partial charge in [0.05, 0.1) is 5.25 Å². The van der Waals surface area contributed by atoms with E-state index in [4.69, 9.17) is 17.3 Å². The van der Waals surface area contributed by atoms with E-state index >= 15 is 0 Å². The molecule has 0 aliphatic carbocycles. The van der Waals surface area contributed by atoms with Crippen molar-refractivity contribution in [3.05, 3.63) is 65.2 Å². The van der Waals surface area contributed by atoms with Crippen molar-refractivity contribution < 1.29 is 0 Å². The van der Waals surface area contributed by atoms with Crippen LogP contribution < -0.4 is 11.1 Å². The minimum atomic E-state index is 0.0531. The summed E-state index contributed by atoms with van der Waals surface area (Å²) in [6.07, 6.45) is 1.77. The van der Waals surface area contributed by atoms with Gasteiger partial charge in [0.25, 0.3) is 0 Å². The summed E-state index contributed by atoms with van der Waals surface area (Å²) in [5, 5.41) is 3.69. The van der Waals surface area contributed by atoms with Gasteiger partial charge >= 0.3 is 0 Å². The van der Waals surface area contributed by atoms with Gasteiger partial charge in [0, 0.05) is 17.6 Å². The number of nitrogen functional groups attached to an aromatic ring is 1. The van der Waals surface area contributed by atoms with Crippen LogP contribution in [0.15, 0.2) is 48.7 Å². The number of benzene rings is 1. The molecule has 6 nitrogen and oxygen atoms in total. The summed E-state index contributed by atoms with van der Waals surface area (Å²) < 4.78 is 0. The minimum absolute atomic E-state index is 0.0531. The molecule has 1 aromatic carbocycles. The molecule has 0 bridgehead atoms. The summed E-state index contributed by atoms with van der Waals surface area (Å²) in [5.41, 5.74) is 7.82. The molecule has 0 fully saturated rings. The van der Waals surface area contributed by atoms with Crippen molar-refractivity contribution in [3.8, 4) is 0 Å². The first-order chi connectivity index (χ1) is 12.1. The predicted molar refractivity (Wildman–Crippen MR) is 103 cm³/mol. The number of hydrogen-bond acceptors (Lipinski definition) is 7. The third kappa shape index (κ3) is 5.04. The number of aromatic nitrogens is 4. The lowest BCUT2D eigenvalue weighted by Crippen LogP contribution is -2.08. The molecule has 0 aliphatic rings. The van der Waals surface area contributed by atoms with Crippen LogP contribution in [0, 0.1) is 0 Å². The molecule has 0 saturated heterocycles. The van der Waals surface area contributed by atoms with Crippen LogP contribution in [0.1, 0.15) is 23.6 Å². The van der Waals surface area contributed by atoms with Crippen LogP contribution in [0.5, 0.6) is 0 Å². The van der Waals surface area contributed by atoms with Gasteiger partial charge in [0.15, 0.2) is 0 Å². The minimum Gasteiger partial charge on any atom is -0.368 e. The Morgan fingerprint density at radius 2 is 1.92 bits per heavy atom. The number of hydrogen-bond donors (Lipinski definition) is 2. The smallest absolute Gasteiger partial charge is 0.232 e. The SMILES string of the molecule is CC(SCc1ccc(Cl)nc1)c1nc(N)nc(Nc2ccccc2)n1. The van der Waals surface area contributed by atoms with E-state index in [9.17, 15) is 0 Å². The number of nitrogens with two attached hydrogens (primary N) is 1. The molecule has 2 heterocycles. The first kappa shape index (κ1) is 17.4. The Balaban J connectivity index is 1.69. The summed E-state index contributed by atoms with van der Waals surface area (Å²) in [4.78, 5) is 17.0. The second-order valence-corrected chi connectivity index (χ2v) is 7.03. The van der Waals surface area contributed by atoms with E-state index in [-0.39, 0.29) is 11.2 Å². The quantitative estimate of drug-likeness (QED) is 0.625. The molecule has 0 saturated carbocycles. The molecule has 3 aromatic rings. The van der Waals surface area contributed by atoms with Crippen LogP contribution in [-0.4, -0.2) is 19.9 Å². The van der Waals surface area contributed by atoms with Gasteiger partial charge in [-0.25, -0.2) is 4.98 Å². The average Bonchev–Trinajstić information content (AvgIpc) is 2.61. The van der Waals surface area contributed by atoms with Crippen LogP contribution in [-0.2, 0) is 5.75 Å². The highest BCUT2D eigenvalue weighted by Crippen LogP contribution is 2.29. The second kappa shape index (κ2) is 8.13. The summed E-state index contributed by atoms with van der Waals surface area (Å²) >= 11 is 7.50. The molecule has 0 spiro atoms. The normalized spacial score (nSPS) is 11.9. The van der Waals surface area contributed by atoms with Crippen LogP contribution in [0.3, 0.4) is 0 Å². The molecule has 25 heavy (non-hydrogen) atoms. The van der Waals surface area contributed by atoms with E-state index in [1.54, 1.807) is 24.0 Å². The third-order valence-corrected chi connectivity index (χ3v) is 4.79. The number of thioether (sulfide) groups is 1. The number of halogens is 1. The molecule has 2 aromatic heterocycles. The van der Waals surface area contributed by atoms with Crippen molar-refractivity contribution in [1.82, 2.24) is 19.9 Å². The fourth-order valence-electron chi connectivity index (χ4n) is 2.09. The molecular weight excluding hydrogens is 356 g/mol. The lowest BCUT2D eigenvalue weighted by molar-refractivity contribution is 0.895. The van der Waals surface area contributed by atoms with Crippen molar-refractivity contribution in [2.45, 2.75) is 17.9 Å². The van der Waals surface area contributed by atoms with E-state index in [2.05, 4.69) is 25.3 Å². The van der Waals surface area contributed by atoms with Gasteiger partial charge in [0.1, 0.15) is 11.0 Å². The number of anilines is 3. The van der Waals surface area contributed by atoms with E-state index in [0.717, 1.165) is 17.0 Å². The zero-order valence-corrected chi connectivity index (χ0v) is 15.1. The summed E-state index contributed by atoms with van der Waals surface area (Å²) in [7, 11) is 0. The Morgan fingerprint density at radius 1 is 1.12 bits per heavy atom. The molecule has 1 unspecified atom stereocenters. The van der Waals surface area contributed by atoms with Crippen LogP contribution in [0.2, 0.25) is 5.15 Å². The molecular formula is C17H17ClN6S. The van der Waals surface area contributed by atoms with Gasteiger partial charge in [-0.1, -0.05) is 35.9 Å². The van der Waals surface area contributed by atoms with E-state index < -0.39 is 0 Å². The maximum Gasteiger partial charge on any atom is 0.232 e. The van der Waals surface area contributed by atoms with Crippen molar-refractivity contribution in [2.24, 2.45) is 0 Å². The molecule has 3 rings (SSSR count). The van der Waals surface area contributed by atoms with E-state index in [1.165, 1.54) is 0 Å². The molecule has 0 aliphatic heterocycles. The topological polar surface area (TPSA) is 89.6 Å². The summed E-state index contributed by atoms with van der Waals surface area (Å²) in [6.45, 7) is 2.04. The van der Waals surface area contributed by atoms with Gasteiger partial charge in [-0.15, -0.1) is 11.8 Å². The van der Waals surface area contributed by atoms with Crippen molar-refractivity contribution >= 4 is 40.9 Å². The lowest BCUT2D eigenvalue weighted by atomic mass is 10.3. The monoisotopic (exact) mass is 372 g/mol. The maximum atomic E-state index is 5.84. The lowest BCUT2D eigenvalue weighted by Gasteiger charge is -2.12. The Labute approximate surface area is 155 Å². The Hall–Kier alpha value is -2.38. The summed E-state index contributed by atoms with van der Waals surface area (Å²) in [6, 6.07) is 13.4. The zero-order valence-electron chi connectivity index (χ0n) is 13.6. The number of rotatable bonds is 6. The number of pyridine rings is 1. The Bertz CT molecular complexity index is 828. The van der Waals surface area contributed by atoms with Gasteiger partial charge in [-0.2, -0.15) is 15.0 Å². The van der Waals surface area contributed by atoms with Crippen molar-refractivity contribution in [3.63, 3.8) is 0 Å². The largest absolute Gasteiger partial charge is 0.368 e. The molecule has 0 amide bonds. The van der Waals surface area contributed by atoms with Crippen LogP contribution in [0.25, 0.3) is 0 Å². The molecule has 8 heteroatoms. The number of para-hydroxylation sites is 1. The molecule has 128 valence electrons. The van der Waals surface area contributed by atoms with Gasteiger partial charge in [-0.05, 0) is 30.7 Å². The third-order valence-electron chi connectivity index (χ3n) is 3.35. The van der Waals surface area contributed by atoms with Crippen molar-refractivity contribution in [1.29, 1.82) is 0 Å². The standard InChI is InChI=1S/C17H17ClN6S/c1-11(25-10-12-7-8-14(18)20-9-12)15-22-16(19)24-17(23-15)21-13-5-3-2-4-6-13/h2-9,11H,10H2,1H3,(H3,19,21,22,23,24). The highest BCUT2D eigenvalue weighted by Gasteiger charge is 2.13. The maximum absolute atomic E-state index is 5.84. The van der Waals surface area contributed by atoms with Crippen LogP contribution >= 0.6 is 23.4 Å². The second-order valence-electron chi connectivity index (χ2n) is 5.31. The van der Waals surface area contributed by atoms with E-state index in [0.29, 0.717) is 16.9 Å². The van der Waals surface area contributed by atoms with E-state index in [1.807, 2.05) is 43.3 Å². The molecule has 0 radical (unpaired) electrons. The number of nitrogens with zero attached hydrogens (tertiary/aromatic N) is 4. The molecule has 3 N–H and O–H groups in total. The Kier molecular flexibility index (Phi) is 5.67. The Morgan fingerprint density at radius 3 is 2.64 bits per heavy atom. The first-order valence-corrected chi connectivity index (χ1v) is 9.08. The zero-order chi connectivity index (χ0) is 17.6. The highest BCUT2D eigenvalue weighted by atomic mass is 35.5. The van der Waals surface area contributed by atoms with Gasteiger partial charge in [0.2, 0.25) is 11.9 Å². The van der Waals surface area contributed by atoms with Gasteiger partial charge < -0.3 is 11.1 Å². The summed E-state index contributed by atoms with van der Waals surface area (Å²) in [5.74, 6) is 2.05. The fourth-order valence-corrected chi connectivity index (χ4v) is 3.06. The fraction of sp³-hybridized carbons (Fsp3) is 0.176. The van der Waals surface area contributed by atoms with Crippen molar-refractivity contribution in [2.75, 3.05) is 11.1 Å². The van der Waals surface area contributed by atoms with Crippen LogP contribution in [0.4, 0.5) is 17.6 Å². The number of nitrogens with one attached hydrogen (secondary N) is 1.